The summed E-state index contributed by atoms with van der Waals surface area (Å²) < 4.78 is 29.6. The van der Waals surface area contributed by atoms with Crippen molar-refractivity contribution in [3.63, 3.8) is 0 Å². The maximum absolute atomic E-state index is 14.8. The summed E-state index contributed by atoms with van der Waals surface area (Å²) in [6.45, 7) is 4.10. The highest BCUT2D eigenvalue weighted by Crippen LogP contribution is 2.28. The van der Waals surface area contributed by atoms with E-state index in [-0.39, 0.29) is 11.6 Å². The smallest absolute Gasteiger partial charge is 0.140 e. The number of hydrogen-bond donors (Lipinski definition) is 2. The number of nitrogens with one attached hydrogen (secondary N) is 2. The van der Waals surface area contributed by atoms with Gasteiger partial charge in [0.25, 0.3) is 0 Å². The molecule has 0 fully saturated rings. The van der Waals surface area contributed by atoms with Crippen LogP contribution in [0.1, 0.15) is 46.9 Å². The maximum atomic E-state index is 14.8. The summed E-state index contributed by atoms with van der Waals surface area (Å²) in [7, 11) is 0. The number of imidazole rings is 1. The van der Waals surface area contributed by atoms with Crippen molar-refractivity contribution in [2.75, 3.05) is 0 Å². The first-order valence-corrected chi connectivity index (χ1v) is 11.7. The summed E-state index contributed by atoms with van der Waals surface area (Å²) in [6.07, 6.45) is 6.81. The monoisotopic (exact) mass is 455 g/mol. The molecule has 0 spiro atoms. The standard InChI is InChI=1S/C29H27F2N3/c1-3-5-19-6-4-7-20(12-19)13-22-17-33-29(34-22)25-15-21(8-9-26(25)30)14-24-18(2)23-10-11-32-28(23)16-27(24)31/h4,6-12,15-17,32H,3,5,13-14H2,1-2H3,(H,33,34). The van der Waals surface area contributed by atoms with Gasteiger partial charge in [0.05, 0.1) is 5.56 Å². The Hall–Kier alpha value is -3.73. The lowest BCUT2D eigenvalue weighted by Crippen LogP contribution is -1.99. The second-order valence-electron chi connectivity index (χ2n) is 8.90. The zero-order valence-electron chi connectivity index (χ0n) is 19.4. The van der Waals surface area contributed by atoms with Crippen LogP contribution in [0.5, 0.6) is 0 Å². The van der Waals surface area contributed by atoms with Crippen molar-refractivity contribution in [3.05, 3.63) is 112 Å². The average Bonchev–Trinajstić information content (AvgIpc) is 3.48. The van der Waals surface area contributed by atoms with Gasteiger partial charge in [-0.15, -0.1) is 0 Å². The first-order valence-electron chi connectivity index (χ1n) is 11.7. The molecule has 3 aromatic carbocycles. The van der Waals surface area contributed by atoms with Crippen LogP contribution in [0, 0.1) is 18.6 Å². The van der Waals surface area contributed by atoms with Crippen LogP contribution in [0.15, 0.2) is 67.0 Å². The van der Waals surface area contributed by atoms with E-state index < -0.39 is 0 Å². The minimum absolute atomic E-state index is 0.260. The number of benzene rings is 3. The molecule has 5 heteroatoms. The minimum Gasteiger partial charge on any atom is -0.361 e. The molecule has 0 amide bonds. The molecule has 2 aromatic heterocycles. The molecule has 2 N–H and O–H groups in total. The van der Waals surface area contributed by atoms with E-state index in [1.165, 1.54) is 23.3 Å². The molecule has 34 heavy (non-hydrogen) atoms. The van der Waals surface area contributed by atoms with Crippen molar-refractivity contribution >= 4 is 10.9 Å². The number of aromatic amines is 2. The van der Waals surface area contributed by atoms with Crippen molar-refractivity contribution in [2.24, 2.45) is 0 Å². The van der Waals surface area contributed by atoms with E-state index in [0.29, 0.717) is 29.8 Å². The van der Waals surface area contributed by atoms with Crippen LogP contribution < -0.4 is 0 Å². The molecule has 172 valence electrons. The van der Waals surface area contributed by atoms with Crippen LogP contribution in [0.4, 0.5) is 8.78 Å². The zero-order valence-corrected chi connectivity index (χ0v) is 19.4. The molecule has 0 aliphatic heterocycles. The molecule has 0 atom stereocenters. The Morgan fingerprint density at radius 2 is 1.71 bits per heavy atom. The van der Waals surface area contributed by atoms with Crippen molar-refractivity contribution in [3.8, 4) is 11.4 Å². The lowest BCUT2D eigenvalue weighted by Gasteiger charge is -2.11. The molecule has 0 saturated carbocycles. The number of hydrogen-bond acceptors (Lipinski definition) is 1. The first-order chi connectivity index (χ1) is 16.5. The second-order valence-corrected chi connectivity index (χ2v) is 8.90. The highest BCUT2D eigenvalue weighted by atomic mass is 19.1. The highest BCUT2D eigenvalue weighted by Gasteiger charge is 2.15. The number of H-pyrrole nitrogens is 2. The van der Waals surface area contributed by atoms with Gasteiger partial charge in [-0.1, -0.05) is 43.7 Å². The molecule has 0 saturated heterocycles. The van der Waals surface area contributed by atoms with E-state index in [0.717, 1.165) is 40.6 Å². The number of rotatable bonds is 7. The third-order valence-electron chi connectivity index (χ3n) is 6.41. The predicted molar refractivity (Wildman–Crippen MR) is 133 cm³/mol. The number of aryl methyl sites for hydroxylation is 2. The number of aromatic nitrogens is 3. The molecule has 0 radical (unpaired) electrons. The number of halogens is 2. The quantitative estimate of drug-likeness (QED) is 0.266. The average molecular weight is 456 g/mol. The summed E-state index contributed by atoms with van der Waals surface area (Å²) >= 11 is 0. The number of fused-ring (bicyclic) bond motifs is 1. The Kier molecular flexibility index (Phi) is 6.01. The maximum Gasteiger partial charge on any atom is 0.140 e. The van der Waals surface area contributed by atoms with Gasteiger partial charge in [-0.3, -0.25) is 0 Å². The fraction of sp³-hybridized carbons (Fsp3) is 0.207. The fourth-order valence-corrected chi connectivity index (χ4v) is 4.66. The lowest BCUT2D eigenvalue weighted by molar-refractivity contribution is 0.613. The Labute approximate surface area is 197 Å². The first kappa shape index (κ1) is 22.1. The van der Waals surface area contributed by atoms with Crippen molar-refractivity contribution in [1.29, 1.82) is 0 Å². The topological polar surface area (TPSA) is 44.5 Å². The molecule has 5 aromatic rings. The SMILES string of the molecule is CCCc1cccc(Cc2cnc(-c3cc(Cc4c(F)cc5[nH]ccc5c4C)ccc3F)[nH]2)c1. The zero-order chi connectivity index (χ0) is 23.7. The molecular formula is C29H27F2N3. The van der Waals surface area contributed by atoms with Crippen LogP contribution in [0.2, 0.25) is 0 Å². The van der Waals surface area contributed by atoms with E-state index in [1.807, 2.05) is 19.2 Å². The van der Waals surface area contributed by atoms with Crippen molar-refractivity contribution in [1.82, 2.24) is 15.0 Å². The molecule has 2 heterocycles. The van der Waals surface area contributed by atoms with Gasteiger partial charge >= 0.3 is 0 Å². The lowest BCUT2D eigenvalue weighted by atomic mass is 9.96. The minimum atomic E-state index is -0.354. The van der Waals surface area contributed by atoms with E-state index in [4.69, 9.17) is 0 Å². The Morgan fingerprint density at radius 3 is 2.56 bits per heavy atom. The van der Waals surface area contributed by atoms with E-state index >= 15 is 0 Å². The summed E-state index contributed by atoms with van der Waals surface area (Å²) in [4.78, 5) is 10.8. The normalized spacial score (nSPS) is 11.4. The van der Waals surface area contributed by atoms with Crippen LogP contribution in [-0.4, -0.2) is 15.0 Å². The van der Waals surface area contributed by atoms with Crippen LogP contribution in [0.25, 0.3) is 22.3 Å². The molecule has 0 aliphatic carbocycles. The van der Waals surface area contributed by atoms with Gasteiger partial charge < -0.3 is 9.97 Å². The predicted octanol–water partition coefficient (Wildman–Crippen LogP) is 7.28. The molecule has 0 bridgehead atoms. The molecule has 0 aliphatic rings. The fourth-order valence-electron chi connectivity index (χ4n) is 4.66. The van der Waals surface area contributed by atoms with Crippen molar-refractivity contribution in [2.45, 2.75) is 39.5 Å². The van der Waals surface area contributed by atoms with Crippen LogP contribution in [0.3, 0.4) is 0 Å². The summed E-state index contributed by atoms with van der Waals surface area (Å²) in [6, 6.07) is 16.9. The van der Waals surface area contributed by atoms with Gasteiger partial charge in [-0.05, 0) is 65.4 Å². The molecule has 3 nitrogen and oxygen atoms in total. The third-order valence-corrected chi connectivity index (χ3v) is 6.41. The Balaban J connectivity index is 1.41. The van der Waals surface area contributed by atoms with Gasteiger partial charge in [-0.25, -0.2) is 13.8 Å². The largest absolute Gasteiger partial charge is 0.361 e. The summed E-state index contributed by atoms with van der Waals surface area (Å²) in [5, 5.41) is 0.998. The Bertz CT molecular complexity index is 1460. The van der Waals surface area contributed by atoms with Gasteiger partial charge in [0, 0.05) is 41.8 Å². The van der Waals surface area contributed by atoms with E-state index in [2.05, 4.69) is 46.1 Å². The highest BCUT2D eigenvalue weighted by molar-refractivity contribution is 5.84. The second kappa shape index (κ2) is 9.26. The van der Waals surface area contributed by atoms with Crippen LogP contribution in [-0.2, 0) is 19.3 Å². The van der Waals surface area contributed by atoms with Gasteiger partial charge in [0.15, 0.2) is 0 Å². The van der Waals surface area contributed by atoms with Gasteiger partial charge in [0.1, 0.15) is 17.5 Å². The number of nitrogens with zero attached hydrogens (tertiary/aromatic N) is 1. The molecular weight excluding hydrogens is 428 g/mol. The Morgan fingerprint density at radius 1 is 0.882 bits per heavy atom. The van der Waals surface area contributed by atoms with Gasteiger partial charge in [-0.2, -0.15) is 0 Å². The van der Waals surface area contributed by atoms with E-state index in [9.17, 15) is 8.78 Å². The van der Waals surface area contributed by atoms with Gasteiger partial charge in [0.2, 0.25) is 0 Å². The van der Waals surface area contributed by atoms with Crippen molar-refractivity contribution < 1.29 is 8.78 Å². The van der Waals surface area contributed by atoms with Crippen LogP contribution >= 0.6 is 0 Å². The summed E-state index contributed by atoms with van der Waals surface area (Å²) in [5.74, 6) is -0.130. The third kappa shape index (κ3) is 4.38. The molecule has 0 unspecified atom stereocenters. The van der Waals surface area contributed by atoms with E-state index in [1.54, 1.807) is 18.3 Å². The summed E-state index contributed by atoms with van der Waals surface area (Å²) in [5.41, 5.74) is 6.96. The molecule has 5 rings (SSSR count).